The monoisotopic (exact) mass is 246 g/mol. The Morgan fingerprint density at radius 2 is 2.00 bits per heavy atom. The number of likely N-dealkylation sites (tertiary alicyclic amines) is 1. The van der Waals surface area contributed by atoms with E-state index >= 15 is 0 Å². The molecule has 18 heavy (non-hydrogen) atoms. The third-order valence-electron chi connectivity index (χ3n) is 3.64. The van der Waals surface area contributed by atoms with Gasteiger partial charge in [-0.1, -0.05) is 26.0 Å². The lowest BCUT2D eigenvalue weighted by Crippen LogP contribution is -2.37. The summed E-state index contributed by atoms with van der Waals surface area (Å²) in [7, 11) is 0. The van der Waals surface area contributed by atoms with Crippen molar-refractivity contribution in [2.45, 2.75) is 45.6 Å². The maximum atomic E-state index is 12.1. The van der Waals surface area contributed by atoms with Crippen molar-refractivity contribution in [1.82, 2.24) is 4.90 Å². The van der Waals surface area contributed by atoms with Crippen LogP contribution < -0.4 is 5.32 Å². The molecule has 1 aromatic rings. The third kappa shape index (κ3) is 2.84. The Kier molecular flexibility index (Phi) is 3.90. The summed E-state index contributed by atoms with van der Waals surface area (Å²) in [6.45, 7) is 7.31. The minimum absolute atomic E-state index is 0.0253. The molecular weight excluding hydrogens is 224 g/mol. The molecule has 1 atom stereocenters. The van der Waals surface area contributed by atoms with Gasteiger partial charge in [-0.2, -0.15) is 0 Å². The van der Waals surface area contributed by atoms with Crippen molar-refractivity contribution < 1.29 is 4.79 Å². The van der Waals surface area contributed by atoms with Crippen LogP contribution in [0.3, 0.4) is 0 Å². The highest BCUT2D eigenvalue weighted by Gasteiger charge is 2.24. The van der Waals surface area contributed by atoms with Gasteiger partial charge >= 0.3 is 6.03 Å². The molecular formula is C15H22N2O. The second kappa shape index (κ2) is 5.42. The van der Waals surface area contributed by atoms with E-state index in [1.165, 1.54) is 5.56 Å². The van der Waals surface area contributed by atoms with Crippen LogP contribution in [0.25, 0.3) is 0 Å². The van der Waals surface area contributed by atoms with Crippen molar-refractivity contribution in [3.63, 3.8) is 0 Å². The minimum atomic E-state index is 0.0253. The molecule has 2 amide bonds. The summed E-state index contributed by atoms with van der Waals surface area (Å²) in [6, 6.07) is 8.50. The molecule has 0 aliphatic carbocycles. The highest BCUT2D eigenvalue weighted by Crippen LogP contribution is 2.20. The van der Waals surface area contributed by atoms with E-state index < -0.39 is 0 Å². The lowest BCUT2D eigenvalue weighted by molar-refractivity contribution is 0.210. The van der Waals surface area contributed by atoms with E-state index in [-0.39, 0.29) is 6.03 Å². The van der Waals surface area contributed by atoms with Crippen LogP contribution in [0.4, 0.5) is 10.5 Å². The molecule has 3 nitrogen and oxygen atoms in total. The number of amides is 2. The second-order valence-electron chi connectivity index (χ2n) is 5.39. The largest absolute Gasteiger partial charge is 0.322 e. The predicted octanol–water partition coefficient (Wildman–Crippen LogP) is 3.83. The van der Waals surface area contributed by atoms with Gasteiger partial charge in [0, 0.05) is 18.3 Å². The van der Waals surface area contributed by atoms with Crippen LogP contribution >= 0.6 is 0 Å². The minimum Gasteiger partial charge on any atom is -0.322 e. The number of hydrogen-bond acceptors (Lipinski definition) is 1. The Hall–Kier alpha value is -1.51. The highest BCUT2D eigenvalue weighted by molar-refractivity contribution is 5.89. The van der Waals surface area contributed by atoms with Crippen molar-refractivity contribution in [1.29, 1.82) is 0 Å². The second-order valence-corrected chi connectivity index (χ2v) is 5.39. The summed E-state index contributed by atoms with van der Waals surface area (Å²) < 4.78 is 0. The summed E-state index contributed by atoms with van der Waals surface area (Å²) in [4.78, 5) is 14.0. The molecule has 1 saturated heterocycles. The molecule has 0 radical (unpaired) electrons. The molecule has 0 unspecified atom stereocenters. The van der Waals surface area contributed by atoms with Crippen molar-refractivity contribution in [3.05, 3.63) is 29.8 Å². The standard InChI is InChI=1S/C15H22N2O/c1-11(2)13-6-8-14(9-7-13)16-15(18)17-10-4-5-12(17)3/h6-9,11-12H,4-5,10H2,1-3H3,(H,16,18)/t12-/m0/s1. The normalized spacial score (nSPS) is 19.3. The number of nitrogens with zero attached hydrogens (tertiary/aromatic N) is 1. The fourth-order valence-corrected chi connectivity index (χ4v) is 2.38. The Labute approximate surface area is 109 Å². The van der Waals surface area contributed by atoms with Gasteiger partial charge < -0.3 is 10.2 Å². The molecule has 0 bridgehead atoms. The summed E-state index contributed by atoms with van der Waals surface area (Å²) in [6.07, 6.45) is 2.22. The number of nitrogens with one attached hydrogen (secondary N) is 1. The van der Waals surface area contributed by atoms with Crippen LogP contribution in [0.2, 0.25) is 0 Å². The Balaban J connectivity index is 1.98. The zero-order valence-corrected chi connectivity index (χ0v) is 11.4. The molecule has 0 spiro atoms. The molecule has 1 heterocycles. The molecule has 3 heteroatoms. The lowest BCUT2D eigenvalue weighted by atomic mass is 10.0. The molecule has 2 rings (SSSR count). The topological polar surface area (TPSA) is 32.3 Å². The van der Waals surface area contributed by atoms with Gasteiger partial charge in [-0.15, -0.1) is 0 Å². The van der Waals surface area contributed by atoms with Crippen LogP contribution in [0.15, 0.2) is 24.3 Å². The number of carbonyl (C=O) groups excluding carboxylic acids is 1. The van der Waals surface area contributed by atoms with Gasteiger partial charge in [-0.05, 0) is 43.4 Å². The third-order valence-corrected chi connectivity index (χ3v) is 3.64. The number of carbonyl (C=O) groups is 1. The smallest absolute Gasteiger partial charge is 0.322 e. The van der Waals surface area contributed by atoms with E-state index in [4.69, 9.17) is 0 Å². The van der Waals surface area contributed by atoms with Gasteiger partial charge in [0.2, 0.25) is 0 Å². The van der Waals surface area contributed by atoms with E-state index in [0.29, 0.717) is 12.0 Å². The number of benzene rings is 1. The molecule has 0 saturated carbocycles. The van der Waals surface area contributed by atoms with Crippen LogP contribution in [-0.4, -0.2) is 23.5 Å². The van der Waals surface area contributed by atoms with Crippen molar-refractivity contribution in [3.8, 4) is 0 Å². The average molecular weight is 246 g/mol. The van der Waals surface area contributed by atoms with Crippen LogP contribution in [-0.2, 0) is 0 Å². The molecule has 1 fully saturated rings. The van der Waals surface area contributed by atoms with Crippen molar-refractivity contribution in [2.75, 3.05) is 11.9 Å². The van der Waals surface area contributed by atoms with E-state index in [2.05, 4.69) is 38.2 Å². The first kappa shape index (κ1) is 12.9. The van der Waals surface area contributed by atoms with E-state index in [9.17, 15) is 4.79 Å². The van der Waals surface area contributed by atoms with Gasteiger partial charge in [0.15, 0.2) is 0 Å². The predicted molar refractivity (Wildman–Crippen MR) is 75.0 cm³/mol. The van der Waals surface area contributed by atoms with Crippen LogP contribution in [0, 0.1) is 0 Å². The summed E-state index contributed by atoms with van der Waals surface area (Å²) in [5, 5.41) is 2.97. The van der Waals surface area contributed by atoms with E-state index in [1.807, 2.05) is 17.0 Å². The van der Waals surface area contributed by atoms with Crippen molar-refractivity contribution in [2.24, 2.45) is 0 Å². The summed E-state index contributed by atoms with van der Waals surface area (Å²) in [5.41, 5.74) is 2.17. The Morgan fingerprint density at radius 3 is 2.50 bits per heavy atom. The van der Waals surface area contributed by atoms with E-state index in [1.54, 1.807) is 0 Å². The maximum Gasteiger partial charge on any atom is 0.322 e. The Bertz CT molecular complexity index is 411. The van der Waals surface area contributed by atoms with E-state index in [0.717, 1.165) is 25.1 Å². The van der Waals surface area contributed by atoms with Gasteiger partial charge in [0.25, 0.3) is 0 Å². The summed E-state index contributed by atoms with van der Waals surface area (Å²) >= 11 is 0. The molecule has 0 aromatic heterocycles. The van der Waals surface area contributed by atoms with Gasteiger partial charge in [0.1, 0.15) is 0 Å². The first-order valence-corrected chi connectivity index (χ1v) is 6.75. The summed E-state index contributed by atoms with van der Waals surface area (Å²) in [5.74, 6) is 0.522. The van der Waals surface area contributed by atoms with Crippen LogP contribution in [0.5, 0.6) is 0 Å². The molecule has 1 aliphatic heterocycles. The fraction of sp³-hybridized carbons (Fsp3) is 0.533. The van der Waals surface area contributed by atoms with Gasteiger partial charge in [-0.3, -0.25) is 0 Å². The quantitative estimate of drug-likeness (QED) is 0.845. The Morgan fingerprint density at radius 1 is 1.33 bits per heavy atom. The van der Waals surface area contributed by atoms with Gasteiger partial charge in [0.05, 0.1) is 0 Å². The molecule has 1 N–H and O–H groups in total. The molecule has 1 aliphatic rings. The SMILES string of the molecule is CC(C)c1ccc(NC(=O)N2CCC[C@@H]2C)cc1. The van der Waals surface area contributed by atoms with Crippen molar-refractivity contribution >= 4 is 11.7 Å². The molecule has 98 valence electrons. The zero-order valence-electron chi connectivity index (χ0n) is 11.4. The average Bonchev–Trinajstić information content (AvgIpc) is 2.76. The number of urea groups is 1. The number of anilines is 1. The van der Waals surface area contributed by atoms with Crippen LogP contribution in [0.1, 0.15) is 45.1 Å². The highest BCUT2D eigenvalue weighted by atomic mass is 16.2. The first-order chi connectivity index (χ1) is 8.58. The fourth-order valence-electron chi connectivity index (χ4n) is 2.38. The zero-order chi connectivity index (χ0) is 13.1. The molecule has 1 aromatic carbocycles. The van der Waals surface area contributed by atoms with Gasteiger partial charge in [-0.25, -0.2) is 4.79 Å². The first-order valence-electron chi connectivity index (χ1n) is 6.75. The number of hydrogen-bond donors (Lipinski definition) is 1. The number of rotatable bonds is 2. The lowest BCUT2D eigenvalue weighted by Gasteiger charge is -2.21. The maximum absolute atomic E-state index is 12.1.